The lowest BCUT2D eigenvalue weighted by Gasteiger charge is -2.35. The summed E-state index contributed by atoms with van der Waals surface area (Å²) in [6, 6.07) is 13.4. The molecule has 5 heteroatoms. The van der Waals surface area contributed by atoms with E-state index in [2.05, 4.69) is 10.2 Å². The molecule has 0 heterocycles. The van der Waals surface area contributed by atoms with Crippen LogP contribution in [-0.4, -0.2) is 19.3 Å². The Balaban J connectivity index is 1.81. The van der Waals surface area contributed by atoms with Crippen LogP contribution in [0.3, 0.4) is 0 Å². The van der Waals surface area contributed by atoms with Crippen LogP contribution in [-0.2, 0) is 9.84 Å². The maximum absolute atomic E-state index is 14.0. The van der Waals surface area contributed by atoms with E-state index < -0.39 is 14.7 Å². The number of rotatable bonds is 5. The summed E-state index contributed by atoms with van der Waals surface area (Å²) in [5, 5.41) is 11.0. The minimum Gasteiger partial charge on any atom is -0.221 e. The van der Waals surface area contributed by atoms with Gasteiger partial charge in [-0.25, -0.2) is 8.42 Å². The number of nitrogens with zero attached hydrogens (tertiary/aromatic N) is 2. The zero-order chi connectivity index (χ0) is 19.6. The second-order valence-electron chi connectivity index (χ2n) is 8.52. The van der Waals surface area contributed by atoms with E-state index in [0.717, 1.165) is 49.3 Å². The molecule has 2 aliphatic carbocycles. The molecule has 0 saturated heterocycles. The van der Waals surface area contributed by atoms with E-state index >= 15 is 0 Å². The van der Waals surface area contributed by atoms with E-state index in [0.29, 0.717) is 4.90 Å². The van der Waals surface area contributed by atoms with Crippen LogP contribution in [0.4, 0.5) is 0 Å². The van der Waals surface area contributed by atoms with Crippen LogP contribution in [0.1, 0.15) is 64.7 Å². The first kappa shape index (κ1) is 19.6. The van der Waals surface area contributed by atoms with Gasteiger partial charge in [0.1, 0.15) is 0 Å². The molecule has 0 amide bonds. The number of sulfone groups is 1. The minimum absolute atomic E-state index is 0.0235. The molecule has 28 heavy (non-hydrogen) atoms. The molecule has 2 fully saturated rings. The van der Waals surface area contributed by atoms with Crippen LogP contribution in [0.5, 0.6) is 0 Å². The predicted molar refractivity (Wildman–Crippen MR) is 113 cm³/mol. The van der Waals surface area contributed by atoms with Crippen molar-refractivity contribution in [3.63, 3.8) is 0 Å². The molecule has 4 rings (SSSR count). The Kier molecular flexibility index (Phi) is 5.55. The van der Waals surface area contributed by atoms with Gasteiger partial charge in [0.15, 0.2) is 4.87 Å². The van der Waals surface area contributed by atoms with Gasteiger partial charge in [-0.15, -0.1) is 0 Å². The van der Waals surface area contributed by atoms with E-state index in [1.54, 1.807) is 6.07 Å². The quantitative estimate of drug-likeness (QED) is 0.554. The van der Waals surface area contributed by atoms with E-state index in [4.69, 9.17) is 0 Å². The summed E-state index contributed by atoms with van der Waals surface area (Å²) < 4.78 is 28.0. The van der Waals surface area contributed by atoms with Crippen LogP contribution < -0.4 is 0 Å². The summed E-state index contributed by atoms with van der Waals surface area (Å²) in [5.74, 6) is 0.0235. The smallest absolute Gasteiger partial charge is 0.206 e. The minimum atomic E-state index is -3.68. The molecule has 0 aromatic heterocycles. The molecular formula is C23H30N2O2S. The van der Waals surface area contributed by atoms with E-state index in [-0.39, 0.29) is 12.0 Å². The summed E-state index contributed by atoms with van der Waals surface area (Å²) in [4.78, 5) is -0.802. The third kappa shape index (κ3) is 3.49. The molecule has 2 aliphatic rings. The normalized spacial score (nSPS) is 22.0. The van der Waals surface area contributed by atoms with Gasteiger partial charge in [-0.2, -0.15) is 10.2 Å². The molecule has 0 radical (unpaired) electrons. The van der Waals surface area contributed by atoms with Crippen molar-refractivity contribution in [2.45, 2.75) is 80.5 Å². The summed E-state index contributed by atoms with van der Waals surface area (Å²) in [6.07, 6.45) is 9.53. The standard InChI is InChI=1S/C23H30N2O2S/c1-23(19-12-3-2-4-13-19,25-24-20-14-6-7-15-20)28(26,27)22-17-9-11-18-10-5-8-16-21(18)22/h5,8-11,16-17,19-20H,2-4,6-7,12-15H2,1H3. The Morgan fingerprint density at radius 2 is 1.50 bits per heavy atom. The highest BCUT2D eigenvalue weighted by molar-refractivity contribution is 7.93. The number of fused-ring (bicyclic) bond motifs is 1. The Morgan fingerprint density at radius 3 is 2.25 bits per heavy atom. The van der Waals surface area contributed by atoms with Crippen molar-refractivity contribution in [1.82, 2.24) is 0 Å². The molecule has 0 N–H and O–H groups in total. The van der Waals surface area contributed by atoms with Crippen molar-refractivity contribution in [3.8, 4) is 0 Å². The third-order valence-electron chi connectivity index (χ3n) is 6.69. The lowest BCUT2D eigenvalue weighted by atomic mass is 9.84. The topological polar surface area (TPSA) is 58.9 Å². The summed E-state index contributed by atoms with van der Waals surface area (Å²) in [7, 11) is -3.68. The molecule has 4 nitrogen and oxygen atoms in total. The van der Waals surface area contributed by atoms with Crippen molar-refractivity contribution in [2.75, 3.05) is 0 Å². The van der Waals surface area contributed by atoms with Crippen LogP contribution in [0.15, 0.2) is 57.6 Å². The monoisotopic (exact) mass is 398 g/mol. The van der Waals surface area contributed by atoms with Gasteiger partial charge >= 0.3 is 0 Å². The first-order chi connectivity index (χ1) is 13.5. The first-order valence-electron chi connectivity index (χ1n) is 10.7. The second kappa shape index (κ2) is 7.94. The van der Waals surface area contributed by atoms with Crippen molar-refractivity contribution in [3.05, 3.63) is 42.5 Å². The number of azo groups is 1. The fourth-order valence-electron chi connectivity index (χ4n) is 4.86. The Hall–Kier alpha value is -1.75. The van der Waals surface area contributed by atoms with E-state index in [1.165, 1.54) is 19.3 Å². The zero-order valence-corrected chi connectivity index (χ0v) is 17.5. The molecule has 0 bridgehead atoms. The van der Waals surface area contributed by atoms with E-state index in [9.17, 15) is 8.42 Å². The summed E-state index contributed by atoms with van der Waals surface area (Å²) in [5.41, 5.74) is 0. The van der Waals surface area contributed by atoms with Gasteiger partial charge in [0.25, 0.3) is 0 Å². The van der Waals surface area contributed by atoms with Crippen LogP contribution in [0.25, 0.3) is 10.8 Å². The third-order valence-corrected chi connectivity index (χ3v) is 9.13. The average molecular weight is 399 g/mol. The fraction of sp³-hybridized carbons (Fsp3) is 0.565. The molecule has 2 aromatic carbocycles. The molecule has 2 aromatic rings. The van der Waals surface area contributed by atoms with Gasteiger partial charge in [-0.05, 0) is 44.1 Å². The average Bonchev–Trinajstić information content (AvgIpc) is 3.26. The Morgan fingerprint density at radius 1 is 0.857 bits per heavy atom. The molecule has 2 saturated carbocycles. The van der Waals surface area contributed by atoms with Gasteiger partial charge in [0, 0.05) is 11.3 Å². The highest BCUT2D eigenvalue weighted by Crippen LogP contribution is 2.43. The van der Waals surface area contributed by atoms with Gasteiger partial charge in [-0.3, -0.25) is 0 Å². The van der Waals surface area contributed by atoms with Gasteiger partial charge < -0.3 is 0 Å². The lowest BCUT2D eigenvalue weighted by molar-refractivity contribution is 0.275. The maximum atomic E-state index is 14.0. The molecule has 0 spiro atoms. The van der Waals surface area contributed by atoms with Crippen LogP contribution in [0, 0.1) is 5.92 Å². The highest BCUT2D eigenvalue weighted by atomic mass is 32.2. The number of hydrogen-bond acceptors (Lipinski definition) is 4. The first-order valence-corrected chi connectivity index (χ1v) is 12.1. The maximum Gasteiger partial charge on any atom is 0.206 e. The van der Waals surface area contributed by atoms with Crippen LogP contribution >= 0.6 is 0 Å². The van der Waals surface area contributed by atoms with Crippen molar-refractivity contribution >= 4 is 20.6 Å². The number of hydrogen-bond donors (Lipinski definition) is 0. The molecule has 150 valence electrons. The highest BCUT2D eigenvalue weighted by Gasteiger charge is 2.48. The van der Waals surface area contributed by atoms with Crippen molar-refractivity contribution in [2.24, 2.45) is 16.1 Å². The summed E-state index contributed by atoms with van der Waals surface area (Å²) in [6.45, 7) is 1.82. The Bertz CT molecular complexity index is 952. The fourth-order valence-corrected chi connectivity index (χ4v) is 6.87. The zero-order valence-electron chi connectivity index (χ0n) is 16.7. The lowest BCUT2D eigenvalue weighted by Crippen LogP contribution is -2.42. The predicted octanol–water partition coefficient (Wildman–Crippen LogP) is 6.30. The van der Waals surface area contributed by atoms with Gasteiger partial charge in [-0.1, -0.05) is 68.5 Å². The van der Waals surface area contributed by atoms with Gasteiger partial charge in [0.05, 0.1) is 10.9 Å². The largest absolute Gasteiger partial charge is 0.221 e. The van der Waals surface area contributed by atoms with Gasteiger partial charge in [0.2, 0.25) is 9.84 Å². The molecule has 0 aliphatic heterocycles. The van der Waals surface area contributed by atoms with Crippen molar-refractivity contribution < 1.29 is 8.42 Å². The van der Waals surface area contributed by atoms with Crippen molar-refractivity contribution in [1.29, 1.82) is 0 Å². The molecule has 1 atom stereocenters. The Labute approximate surface area is 168 Å². The SMILES string of the molecule is CC(N=NC1CCCC1)(C1CCCCC1)S(=O)(=O)c1cccc2ccccc12. The van der Waals surface area contributed by atoms with Crippen LogP contribution in [0.2, 0.25) is 0 Å². The second-order valence-corrected chi connectivity index (χ2v) is 10.8. The molecule has 1 unspecified atom stereocenters. The van der Waals surface area contributed by atoms with E-state index in [1.807, 2.05) is 43.3 Å². The summed E-state index contributed by atoms with van der Waals surface area (Å²) >= 11 is 0. The number of benzene rings is 2. The molecular weight excluding hydrogens is 368 g/mol.